The monoisotopic (exact) mass is 160 g/mol. The first-order chi connectivity index (χ1) is 5.95. The average Bonchev–Trinajstić information content (AvgIpc) is 2.59. The summed E-state index contributed by atoms with van der Waals surface area (Å²) in [6, 6.07) is 5.70. The Kier molecular flexibility index (Phi) is 1.74. The van der Waals surface area contributed by atoms with Crippen LogP contribution in [0.5, 0.6) is 0 Å². The first-order valence-electron chi connectivity index (χ1n) is 3.62. The molecule has 2 aromatic rings. The van der Waals surface area contributed by atoms with Crippen LogP contribution in [-0.4, -0.2) is 15.2 Å². The number of H-pyrrole nitrogens is 1. The SMILES string of the molecule is c1ccc(Nc2cn[nH]c2)nc1. The minimum Gasteiger partial charge on any atom is -0.338 e. The second-order valence-corrected chi connectivity index (χ2v) is 2.33. The normalized spacial score (nSPS) is 9.67. The molecule has 0 amide bonds. The summed E-state index contributed by atoms with van der Waals surface area (Å²) in [5, 5.41) is 9.59. The van der Waals surface area contributed by atoms with Crippen LogP contribution in [0.25, 0.3) is 0 Å². The zero-order chi connectivity index (χ0) is 8.23. The molecule has 4 heteroatoms. The molecular formula is C8H8N4. The van der Waals surface area contributed by atoms with Gasteiger partial charge < -0.3 is 5.32 Å². The molecule has 2 heterocycles. The molecule has 0 aliphatic heterocycles. The van der Waals surface area contributed by atoms with Gasteiger partial charge in [0.05, 0.1) is 11.9 Å². The van der Waals surface area contributed by atoms with Crippen molar-refractivity contribution in [2.24, 2.45) is 0 Å². The van der Waals surface area contributed by atoms with Crippen molar-refractivity contribution in [1.82, 2.24) is 15.2 Å². The highest BCUT2D eigenvalue weighted by Gasteiger charge is 1.93. The summed E-state index contributed by atoms with van der Waals surface area (Å²) in [6.45, 7) is 0. The van der Waals surface area contributed by atoms with Gasteiger partial charge in [0, 0.05) is 12.4 Å². The maximum Gasteiger partial charge on any atom is 0.130 e. The van der Waals surface area contributed by atoms with Crippen molar-refractivity contribution in [3.05, 3.63) is 36.8 Å². The smallest absolute Gasteiger partial charge is 0.130 e. The van der Waals surface area contributed by atoms with Crippen molar-refractivity contribution in [2.45, 2.75) is 0 Å². The van der Waals surface area contributed by atoms with Gasteiger partial charge in [-0.3, -0.25) is 5.10 Å². The van der Waals surface area contributed by atoms with Gasteiger partial charge in [-0.05, 0) is 12.1 Å². The van der Waals surface area contributed by atoms with E-state index in [4.69, 9.17) is 0 Å². The third kappa shape index (κ3) is 1.42. The molecule has 12 heavy (non-hydrogen) atoms. The zero-order valence-corrected chi connectivity index (χ0v) is 6.36. The highest BCUT2D eigenvalue weighted by atomic mass is 15.1. The van der Waals surface area contributed by atoms with E-state index in [1.807, 2.05) is 18.2 Å². The largest absolute Gasteiger partial charge is 0.338 e. The Bertz CT molecular complexity index is 327. The number of hydrogen-bond acceptors (Lipinski definition) is 3. The van der Waals surface area contributed by atoms with Gasteiger partial charge in [0.2, 0.25) is 0 Å². The van der Waals surface area contributed by atoms with Crippen LogP contribution in [0, 0.1) is 0 Å². The number of pyridine rings is 1. The van der Waals surface area contributed by atoms with Gasteiger partial charge in [-0.15, -0.1) is 0 Å². The van der Waals surface area contributed by atoms with E-state index < -0.39 is 0 Å². The summed E-state index contributed by atoms with van der Waals surface area (Å²) in [5.74, 6) is 0.818. The zero-order valence-electron chi connectivity index (χ0n) is 6.36. The third-order valence-corrected chi connectivity index (χ3v) is 1.44. The fourth-order valence-electron chi connectivity index (χ4n) is 0.904. The molecular weight excluding hydrogens is 152 g/mol. The standard InChI is InChI=1S/C8H8N4/c1-2-4-9-8(3-1)12-7-5-10-11-6-7/h1-6H,(H,9,12)(H,10,11). The quantitative estimate of drug-likeness (QED) is 0.700. The number of hydrogen-bond donors (Lipinski definition) is 2. The highest BCUT2D eigenvalue weighted by molar-refractivity contribution is 5.52. The predicted octanol–water partition coefficient (Wildman–Crippen LogP) is 1.55. The van der Waals surface area contributed by atoms with Gasteiger partial charge in [0.1, 0.15) is 5.82 Å². The van der Waals surface area contributed by atoms with E-state index in [2.05, 4.69) is 20.5 Å². The van der Waals surface area contributed by atoms with E-state index in [1.54, 1.807) is 18.6 Å². The molecule has 0 spiro atoms. The molecule has 0 fully saturated rings. The van der Waals surface area contributed by atoms with Gasteiger partial charge in [-0.2, -0.15) is 5.10 Å². The van der Waals surface area contributed by atoms with Gasteiger partial charge in [0.15, 0.2) is 0 Å². The van der Waals surface area contributed by atoms with Crippen molar-refractivity contribution in [1.29, 1.82) is 0 Å². The van der Waals surface area contributed by atoms with E-state index >= 15 is 0 Å². The molecule has 60 valence electrons. The van der Waals surface area contributed by atoms with E-state index in [-0.39, 0.29) is 0 Å². The van der Waals surface area contributed by atoms with Gasteiger partial charge in [-0.1, -0.05) is 6.07 Å². The molecule has 0 radical (unpaired) electrons. The molecule has 2 rings (SSSR count). The van der Waals surface area contributed by atoms with Crippen molar-refractivity contribution < 1.29 is 0 Å². The molecule has 0 aliphatic carbocycles. The molecule has 2 aromatic heterocycles. The number of nitrogens with one attached hydrogen (secondary N) is 2. The Morgan fingerprint density at radius 3 is 3.00 bits per heavy atom. The molecule has 2 N–H and O–H groups in total. The second kappa shape index (κ2) is 3.04. The van der Waals surface area contributed by atoms with Crippen molar-refractivity contribution in [2.75, 3.05) is 5.32 Å². The fourth-order valence-corrected chi connectivity index (χ4v) is 0.904. The van der Waals surface area contributed by atoms with Crippen LogP contribution in [0.1, 0.15) is 0 Å². The summed E-state index contributed by atoms with van der Waals surface area (Å²) in [4.78, 5) is 4.10. The lowest BCUT2D eigenvalue weighted by Gasteiger charge is -1.99. The number of nitrogens with zero attached hydrogens (tertiary/aromatic N) is 2. The molecule has 0 bridgehead atoms. The summed E-state index contributed by atoms with van der Waals surface area (Å²) in [7, 11) is 0. The molecule has 0 saturated heterocycles. The van der Waals surface area contributed by atoms with Crippen LogP contribution in [0.3, 0.4) is 0 Å². The Morgan fingerprint density at radius 2 is 2.33 bits per heavy atom. The van der Waals surface area contributed by atoms with E-state index in [1.165, 1.54) is 0 Å². The molecule has 0 unspecified atom stereocenters. The lowest BCUT2D eigenvalue weighted by molar-refractivity contribution is 1.09. The van der Waals surface area contributed by atoms with Crippen LogP contribution in [0.2, 0.25) is 0 Å². The Balaban J connectivity index is 2.15. The van der Waals surface area contributed by atoms with E-state index in [9.17, 15) is 0 Å². The predicted molar refractivity (Wildman–Crippen MR) is 46.1 cm³/mol. The van der Waals surface area contributed by atoms with Crippen molar-refractivity contribution in [3.8, 4) is 0 Å². The van der Waals surface area contributed by atoms with E-state index in [0.717, 1.165) is 11.5 Å². The molecule has 0 atom stereocenters. The summed E-state index contributed by atoms with van der Waals surface area (Å²) >= 11 is 0. The van der Waals surface area contributed by atoms with Crippen LogP contribution in [-0.2, 0) is 0 Å². The van der Waals surface area contributed by atoms with Crippen molar-refractivity contribution in [3.63, 3.8) is 0 Å². The van der Waals surface area contributed by atoms with Crippen LogP contribution < -0.4 is 5.32 Å². The van der Waals surface area contributed by atoms with Crippen LogP contribution in [0.15, 0.2) is 36.8 Å². The molecule has 0 aliphatic rings. The van der Waals surface area contributed by atoms with Gasteiger partial charge >= 0.3 is 0 Å². The minimum atomic E-state index is 0.818. The van der Waals surface area contributed by atoms with Crippen LogP contribution in [0.4, 0.5) is 11.5 Å². The maximum absolute atomic E-state index is 4.10. The van der Waals surface area contributed by atoms with Crippen molar-refractivity contribution >= 4 is 11.5 Å². The van der Waals surface area contributed by atoms with Gasteiger partial charge in [0.25, 0.3) is 0 Å². The Labute approximate surface area is 69.7 Å². The lowest BCUT2D eigenvalue weighted by Crippen LogP contribution is -1.89. The number of aromatic amines is 1. The highest BCUT2D eigenvalue weighted by Crippen LogP contribution is 2.09. The number of aromatic nitrogens is 3. The summed E-state index contributed by atoms with van der Waals surface area (Å²) in [5.41, 5.74) is 0.911. The third-order valence-electron chi connectivity index (χ3n) is 1.44. The summed E-state index contributed by atoms with van der Waals surface area (Å²) in [6.07, 6.45) is 5.21. The number of rotatable bonds is 2. The van der Waals surface area contributed by atoms with E-state index in [0.29, 0.717) is 0 Å². The number of anilines is 2. The lowest BCUT2D eigenvalue weighted by atomic mass is 10.4. The minimum absolute atomic E-state index is 0.818. The molecule has 0 saturated carbocycles. The molecule has 0 aromatic carbocycles. The second-order valence-electron chi connectivity index (χ2n) is 2.33. The Morgan fingerprint density at radius 1 is 1.33 bits per heavy atom. The molecule has 4 nitrogen and oxygen atoms in total. The summed E-state index contributed by atoms with van der Waals surface area (Å²) < 4.78 is 0. The van der Waals surface area contributed by atoms with Crippen LogP contribution >= 0.6 is 0 Å². The first-order valence-corrected chi connectivity index (χ1v) is 3.62. The topological polar surface area (TPSA) is 53.6 Å². The maximum atomic E-state index is 4.10. The van der Waals surface area contributed by atoms with Gasteiger partial charge in [-0.25, -0.2) is 4.98 Å². The fraction of sp³-hybridized carbons (Fsp3) is 0. The average molecular weight is 160 g/mol. The Hall–Kier alpha value is -1.84. The first kappa shape index (κ1) is 6.84.